The summed E-state index contributed by atoms with van der Waals surface area (Å²) in [5, 5.41) is 26.2. The Kier molecular flexibility index (Phi) is 8.74. The van der Waals surface area contributed by atoms with Gasteiger partial charge in [-0.25, -0.2) is 0 Å². The van der Waals surface area contributed by atoms with Gasteiger partial charge in [0.15, 0.2) is 0 Å². The van der Waals surface area contributed by atoms with Crippen LogP contribution in [-0.2, 0) is 0 Å². The molecule has 0 saturated carbocycles. The van der Waals surface area contributed by atoms with Crippen molar-refractivity contribution < 1.29 is 0 Å². The molecule has 0 aromatic carbocycles. The van der Waals surface area contributed by atoms with Gasteiger partial charge >= 0.3 is 162 Å². The zero-order valence-electron chi connectivity index (χ0n) is 18.0. The molecular weight excluding hydrogens is 428 g/mol. The summed E-state index contributed by atoms with van der Waals surface area (Å²) >= 11 is -2.59. The van der Waals surface area contributed by atoms with E-state index < -0.39 is 21.0 Å². The minimum atomic E-state index is -2.59. The van der Waals surface area contributed by atoms with Crippen molar-refractivity contribution in [2.45, 2.75) is 78.9 Å². The van der Waals surface area contributed by atoms with E-state index in [9.17, 15) is 0 Å². The van der Waals surface area contributed by atoms with Crippen LogP contribution in [0.3, 0.4) is 0 Å². The number of rotatable bonds is 6. The van der Waals surface area contributed by atoms with E-state index in [1.165, 1.54) is 0 Å². The van der Waals surface area contributed by atoms with Crippen LogP contribution >= 0.6 is 0 Å². The first-order valence-corrected chi connectivity index (χ1v) is 11.7. The van der Waals surface area contributed by atoms with Crippen LogP contribution in [0.25, 0.3) is 0 Å². The molecule has 0 bridgehead atoms. The average molecular weight is 464 g/mol. The third kappa shape index (κ3) is 12.1. The summed E-state index contributed by atoms with van der Waals surface area (Å²) in [4.78, 5) is 0. The van der Waals surface area contributed by atoms with Crippen molar-refractivity contribution in [1.29, 1.82) is 0 Å². The zero-order chi connectivity index (χ0) is 20.1. The number of hydrogen-bond donors (Lipinski definition) is 0. The van der Waals surface area contributed by atoms with Crippen molar-refractivity contribution in [2.75, 3.05) is 21.1 Å². The molecule has 0 atom stereocenters. The normalized spacial score (nSPS) is 14.3. The van der Waals surface area contributed by atoms with Gasteiger partial charge in [0.2, 0.25) is 0 Å². The molecule has 0 radical (unpaired) electrons. The summed E-state index contributed by atoms with van der Waals surface area (Å²) < 4.78 is 5.62. The Morgan fingerprint density at radius 2 is 0.680 bits per heavy atom. The second kappa shape index (κ2) is 9.10. The van der Waals surface area contributed by atoms with E-state index in [0.717, 1.165) is 0 Å². The van der Waals surface area contributed by atoms with Gasteiger partial charge in [-0.15, -0.1) is 0 Å². The Morgan fingerprint density at radius 3 is 0.840 bits per heavy atom. The van der Waals surface area contributed by atoms with Gasteiger partial charge in [0.05, 0.1) is 0 Å². The van der Waals surface area contributed by atoms with Crippen LogP contribution in [0.2, 0.25) is 0 Å². The topological polar surface area (TPSA) is 83.9 Å². The molecule has 10 heteroatoms. The summed E-state index contributed by atoms with van der Waals surface area (Å²) in [5.41, 5.74) is -0.716. The molecule has 0 aliphatic rings. The van der Waals surface area contributed by atoms with Crippen LogP contribution < -0.4 is 0 Å². The fourth-order valence-electron chi connectivity index (χ4n) is 1.27. The Morgan fingerprint density at radius 1 is 0.480 bits per heavy atom. The third-order valence-electron chi connectivity index (χ3n) is 2.20. The molecule has 146 valence electrons. The summed E-state index contributed by atoms with van der Waals surface area (Å²) in [5.74, 6) is 0. The van der Waals surface area contributed by atoms with Crippen LogP contribution in [0.1, 0.15) is 62.3 Å². The van der Waals surface area contributed by atoms with Crippen molar-refractivity contribution in [3.63, 3.8) is 0 Å². The molecule has 25 heavy (non-hydrogen) atoms. The molecule has 9 nitrogen and oxygen atoms in total. The molecule has 0 aromatic rings. The van der Waals surface area contributed by atoms with E-state index in [1.54, 1.807) is 0 Å². The van der Waals surface area contributed by atoms with Crippen molar-refractivity contribution in [2.24, 2.45) is 31.0 Å². The van der Waals surface area contributed by atoms with Gasteiger partial charge in [-0.1, -0.05) is 0 Å². The van der Waals surface area contributed by atoms with E-state index in [1.807, 2.05) is 93.0 Å². The van der Waals surface area contributed by atoms with Gasteiger partial charge in [0.25, 0.3) is 0 Å². The first-order chi connectivity index (χ1) is 11.0. The first-order valence-electron chi connectivity index (χ1n) is 8.31. The summed E-state index contributed by atoms with van der Waals surface area (Å²) in [6.45, 7) is 18.1. The molecule has 0 rings (SSSR count). The second-order valence-corrected chi connectivity index (χ2v) is 15.3. The third-order valence-corrected chi connectivity index (χ3v) is 7.32. The summed E-state index contributed by atoms with van der Waals surface area (Å²) in [7, 11) is 5.72. The maximum absolute atomic E-state index is 4.38. The molecule has 0 amide bonds. The Labute approximate surface area is 161 Å². The van der Waals surface area contributed by atoms with Crippen LogP contribution in [0.15, 0.2) is 31.0 Å². The average Bonchev–Trinajstić information content (AvgIpc) is 2.38. The van der Waals surface area contributed by atoms with Crippen LogP contribution in [0.4, 0.5) is 0 Å². The molecule has 0 aromatic heterocycles. The van der Waals surface area contributed by atoms with Gasteiger partial charge in [0.1, 0.15) is 0 Å². The van der Waals surface area contributed by atoms with Crippen LogP contribution in [-0.4, -0.2) is 68.3 Å². The summed E-state index contributed by atoms with van der Waals surface area (Å²) in [6, 6.07) is 0. The van der Waals surface area contributed by atoms with E-state index >= 15 is 0 Å². The molecule has 0 aliphatic carbocycles. The molecule has 0 spiro atoms. The van der Waals surface area contributed by atoms with Crippen molar-refractivity contribution in [3.05, 3.63) is 0 Å². The molecule has 0 saturated heterocycles. The molecule has 0 heterocycles. The molecule has 0 N–H and O–H groups in total. The first kappa shape index (κ1) is 24.0. The van der Waals surface area contributed by atoms with Gasteiger partial charge in [-0.3, -0.25) is 0 Å². The van der Waals surface area contributed by atoms with Crippen LogP contribution in [0.5, 0.6) is 0 Å². The molecule has 0 fully saturated rings. The monoisotopic (exact) mass is 463 g/mol. The van der Waals surface area contributed by atoms with Gasteiger partial charge < -0.3 is 0 Å². The quantitative estimate of drug-likeness (QED) is 0.335. The van der Waals surface area contributed by atoms with Gasteiger partial charge in [0, 0.05) is 0 Å². The fourth-order valence-corrected chi connectivity index (χ4v) is 5.43. The Balaban J connectivity index is 5.53. The van der Waals surface area contributed by atoms with Crippen molar-refractivity contribution >= 4 is 21.0 Å². The number of nitrogens with zero attached hydrogens (tertiary/aromatic N) is 9. The van der Waals surface area contributed by atoms with Crippen molar-refractivity contribution in [3.8, 4) is 0 Å². The van der Waals surface area contributed by atoms with Gasteiger partial charge in [-0.05, 0) is 0 Å². The zero-order valence-corrected chi connectivity index (χ0v) is 20.5. The van der Waals surface area contributed by atoms with E-state index in [0.29, 0.717) is 0 Å². The predicted octanol–water partition coefficient (Wildman–Crippen LogP) is 4.26. The number of hydrogen-bond acceptors (Lipinski definition) is 6. The van der Waals surface area contributed by atoms with E-state index in [4.69, 9.17) is 0 Å². The SMILES string of the molecule is C[N](N=NC(C)(C)C)[Sb]([N](C)N=NC(C)(C)C)[N](C)N=NC(C)(C)C. The maximum atomic E-state index is 4.38. The van der Waals surface area contributed by atoms with E-state index in [2.05, 4.69) is 31.0 Å². The standard InChI is InChI=1S/3C5H12N3.Sb/c3*1-5(2,3)7-8-6-4;/h3*1-4H3;/q3*-1;+3. The second-order valence-electron chi connectivity index (χ2n) is 8.82. The molecule has 0 aliphatic heterocycles. The Hall–Kier alpha value is -0.982. The van der Waals surface area contributed by atoms with Gasteiger partial charge in [-0.2, -0.15) is 0 Å². The molecular formula is C15H36N9Sb. The van der Waals surface area contributed by atoms with Crippen LogP contribution in [0, 0.1) is 0 Å². The predicted molar refractivity (Wildman–Crippen MR) is 103 cm³/mol. The summed E-state index contributed by atoms with van der Waals surface area (Å²) in [6.07, 6.45) is 0. The molecule has 0 unspecified atom stereocenters. The van der Waals surface area contributed by atoms with E-state index in [-0.39, 0.29) is 16.6 Å². The fraction of sp³-hybridized carbons (Fsp3) is 1.00. The minimum absolute atomic E-state index is 0.239. The Bertz CT molecular complexity index is 411. The van der Waals surface area contributed by atoms with Crippen molar-refractivity contribution in [1.82, 2.24) is 9.50 Å².